The summed E-state index contributed by atoms with van der Waals surface area (Å²) in [6.07, 6.45) is 1.58. The molecule has 2 bridgehead atoms. The van der Waals surface area contributed by atoms with E-state index in [0.717, 1.165) is 12.8 Å². The van der Waals surface area contributed by atoms with Crippen LogP contribution in [0.3, 0.4) is 0 Å². The standard InChI is InChI=1S/C6H8O3/c7-6-5-3-4(9-6)1-2-8-5/h4-5H,1-3H2/t4-,5-/m0/s1. The third kappa shape index (κ3) is 0.721. The largest absolute Gasteiger partial charge is 0.460 e. The second-order valence-electron chi connectivity index (χ2n) is 2.44. The first-order valence-electron chi connectivity index (χ1n) is 3.18. The molecule has 0 amide bonds. The summed E-state index contributed by atoms with van der Waals surface area (Å²) in [6, 6.07) is 0. The van der Waals surface area contributed by atoms with Crippen LogP contribution in [0.15, 0.2) is 0 Å². The molecule has 0 aromatic rings. The van der Waals surface area contributed by atoms with Crippen molar-refractivity contribution in [1.29, 1.82) is 0 Å². The summed E-state index contributed by atoms with van der Waals surface area (Å²) < 4.78 is 10.0. The van der Waals surface area contributed by atoms with Crippen molar-refractivity contribution in [2.75, 3.05) is 6.61 Å². The Morgan fingerprint density at radius 1 is 1.56 bits per heavy atom. The van der Waals surface area contributed by atoms with Crippen LogP contribution in [0.5, 0.6) is 0 Å². The number of rotatable bonds is 0. The SMILES string of the molecule is O=C1O[C@H]2CCO[C@H]1C2. The molecule has 0 radical (unpaired) electrons. The summed E-state index contributed by atoms with van der Waals surface area (Å²) in [5, 5.41) is 0. The molecule has 0 aromatic carbocycles. The second-order valence-corrected chi connectivity index (χ2v) is 2.44. The van der Waals surface area contributed by atoms with E-state index in [1.165, 1.54) is 0 Å². The maximum Gasteiger partial charge on any atom is 0.335 e. The lowest BCUT2D eigenvalue weighted by Gasteiger charge is -2.13. The van der Waals surface area contributed by atoms with Gasteiger partial charge in [-0.15, -0.1) is 0 Å². The molecule has 0 N–H and O–H groups in total. The minimum atomic E-state index is -0.233. The fraction of sp³-hybridized carbons (Fsp3) is 0.833. The Morgan fingerprint density at radius 3 is 3.11 bits per heavy atom. The van der Waals surface area contributed by atoms with E-state index in [-0.39, 0.29) is 18.2 Å². The van der Waals surface area contributed by atoms with E-state index in [1.54, 1.807) is 0 Å². The summed E-state index contributed by atoms with van der Waals surface area (Å²) in [4.78, 5) is 10.7. The quantitative estimate of drug-likeness (QED) is 0.434. The van der Waals surface area contributed by atoms with Crippen molar-refractivity contribution in [3.63, 3.8) is 0 Å². The molecule has 2 aliphatic heterocycles. The summed E-state index contributed by atoms with van der Waals surface area (Å²) in [5.74, 6) is -0.169. The lowest BCUT2D eigenvalue weighted by molar-refractivity contribution is -0.146. The average molecular weight is 128 g/mol. The molecule has 2 heterocycles. The first-order chi connectivity index (χ1) is 4.36. The van der Waals surface area contributed by atoms with E-state index in [9.17, 15) is 4.79 Å². The summed E-state index contributed by atoms with van der Waals surface area (Å²) in [6.45, 7) is 0.682. The molecule has 0 saturated carbocycles. The molecule has 2 fully saturated rings. The van der Waals surface area contributed by atoms with Crippen LogP contribution in [0, 0.1) is 0 Å². The van der Waals surface area contributed by atoms with Gasteiger partial charge in [0.1, 0.15) is 6.10 Å². The Kier molecular flexibility index (Phi) is 0.990. The molecule has 2 saturated heterocycles. The van der Waals surface area contributed by atoms with Crippen molar-refractivity contribution in [2.45, 2.75) is 25.0 Å². The summed E-state index contributed by atoms with van der Waals surface area (Å²) >= 11 is 0. The van der Waals surface area contributed by atoms with E-state index in [0.29, 0.717) is 6.61 Å². The van der Waals surface area contributed by atoms with E-state index < -0.39 is 0 Å². The molecule has 0 aliphatic carbocycles. The maximum atomic E-state index is 10.7. The highest BCUT2D eigenvalue weighted by molar-refractivity contribution is 5.77. The van der Waals surface area contributed by atoms with Crippen molar-refractivity contribution in [1.82, 2.24) is 0 Å². The highest BCUT2D eigenvalue weighted by Gasteiger charge is 2.38. The number of esters is 1. The van der Waals surface area contributed by atoms with Gasteiger partial charge in [0.05, 0.1) is 6.61 Å². The van der Waals surface area contributed by atoms with E-state index >= 15 is 0 Å². The fourth-order valence-corrected chi connectivity index (χ4v) is 1.28. The molecule has 0 spiro atoms. The van der Waals surface area contributed by atoms with Gasteiger partial charge >= 0.3 is 5.97 Å². The van der Waals surface area contributed by atoms with Gasteiger partial charge in [-0.1, -0.05) is 0 Å². The van der Waals surface area contributed by atoms with Gasteiger partial charge in [0.2, 0.25) is 0 Å². The minimum absolute atomic E-state index is 0.163. The van der Waals surface area contributed by atoms with Crippen molar-refractivity contribution in [3.05, 3.63) is 0 Å². The molecule has 3 nitrogen and oxygen atoms in total. The van der Waals surface area contributed by atoms with Crippen LogP contribution in [-0.2, 0) is 14.3 Å². The molecule has 3 heteroatoms. The maximum absolute atomic E-state index is 10.7. The fourth-order valence-electron chi connectivity index (χ4n) is 1.28. The smallest absolute Gasteiger partial charge is 0.335 e. The summed E-state index contributed by atoms with van der Waals surface area (Å²) in [5.41, 5.74) is 0. The Balaban J connectivity index is 2.15. The van der Waals surface area contributed by atoms with Gasteiger partial charge in [-0.05, 0) is 0 Å². The van der Waals surface area contributed by atoms with Gasteiger partial charge in [0.15, 0.2) is 6.10 Å². The Bertz CT molecular complexity index is 143. The number of fused-ring (bicyclic) bond motifs is 2. The van der Waals surface area contributed by atoms with Crippen molar-refractivity contribution < 1.29 is 14.3 Å². The molecule has 50 valence electrons. The van der Waals surface area contributed by atoms with Crippen molar-refractivity contribution in [3.8, 4) is 0 Å². The van der Waals surface area contributed by atoms with Crippen molar-refractivity contribution in [2.24, 2.45) is 0 Å². The van der Waals surface area contributed by atoms with Crippen molar-refractivity contribution >= 4 is 5.97 Å². The molecular weight excluding hydrogens is 120 g/mol. The molecule has 0 aromatic heterocycles. The third-order valence-corrected chi connectivity index (χ3v) is 1.78. The van der Waals surface area contributed by atoms with Gasteiger partial charge in [-0.25, -0.2) is 4.79 Å². The van der Waals surface area contributed by atoms with E-state index in [2.05, 4.69) is 0 Å². The van der Waals surface area contributed by atoms with E-state index in [4.69, 9.17) is 9.47 Å². The van der Waals surface area contributed by atoms with Crippen LogP contribution in [0.25, 0.3) is 0 Å². The lowest BCUT2D eigenvalue weighted by Crippen LogP contribution is -2.22. The highest BCUT2D eigenvalue weighted by atomic mass is 16.6. The van der Waals surface area contributed by atoms with Gasteiger partial charge in [-0.2, -0.15) is 0 Å². The first kappa shape index (κ1) is 5.23. The topological polar surface area (TPSA) is 35.5 Å². The first-order valence-corrected chi connectivity index (χ1v) is 3.18. The van der Waals surface area contributed by atoms with Crippen LogP contribution in [0.1, 0.15) is 12.8 Å². The zero-order chi connectivity index (χ0) is 6.27. The average Bonchev–Trinajstić information content (AvgIpc) is 2.09. The Morgan fingerprint density at radius 2 is 2.44 bits per heavy atom. The Labute approximate surface area is 52.9 Å². The lowest BCUT2D eigenvalue weighted by atomic mass is 10.1. The zero-order valence-electron chi connectivity index (χ0n) is 5.00. The number of carbonyl (C=O) groups excluding carboxylic acids is 1. The van der Waals surface area contributed by atoms with Crippen LogP contribution in [0.2, 0.25) is 0 Å². The monoisotopic (exact) mass is 128 g/mol. The van der Waals surface area contributed by atoms with Gasteiger partial charge in [0, 0.05) is 12.8 Å². The normalized spacial score (nSPS) is 40.7. The summed E-state index contributed by atoms with van der Waals surface area (Å²) in [7, 11) is 0. The van der Waals surface area contributed by atoms with Crippen LogP contribution in [-0.4, -0.2) is 24.8 Å². The molecule has 2 aliphatic rings. The predicted octanol–water partition coefficient (Wildman–Crippen LogP) is 0.0908. The number of carbonyl (C=O) groups is 1. The zero-order valence-corrected chi connectivity index (χ0v) is 5.00. The number of hydrogen-bond acceptors (Lipinski definition) is 3. The highest BCUT2D eigenvalue weighted by Crippen LogP contribution is 2.24. The molecule has 2 rings (SSSR count). The molecule has 2 atom stereocenters. The molecular formula is C6H8O3. The molecule has 0 unspecified atom stereocenters. The van der Waals surface area contributed by atoms with Gasteiger partial charge in [0.25, 0.3) is 0 Å². The van der Waals surface area contributed by atoms with E-state index in [1.807, 2.05) is 0 Å². The van der Waals surface area contributed by atoms with Crippen LogP contribution >= 0.6 is 0 Å². The number of hydrogen-bond donors (Lipinski definition) is 0. The number of ether oxygens (including phenoxy) is 2. The van der Waals surface area contributed by atoms with Gasteiger partial charge in [-0.3, -0.25) is 0 Å². The van der Waals surface area contributed by atoms with Crippen LogP contribution < -0.4 is 0 Å². The Hall–Kier alpha value is -0.570. The molecule has 9 heavy (non-hydrogen) atoms. The van der Waals surface area contributed by atoms with Gasteiger partial charge < -0.3 is 9.47 Å². The predicted molar refractivity (Wildman–Crippen MR) is 28.9 cm³/mol. The third-order valence-electron chi connectivity index (χ3n) is 1.78. The van der Waals surface area contributed by atoms with Crippen LogP contribution in [0.4, 0.5) is 0 Å². The minimum Gasteiger partial charge on any atom is -0.460 e. The second kappa shape index (κ2) is 1.70.